The third-order valence-corrected chi connectivity index (χ3v) is 7.35. The summed E-state index contributed by atoms with van der Waals surface area (Å²) in [5, 5.41) is 20.0. The van der Waals surface area contributed by atoms with Gasteiger partial charge in [-0.25, -0.2) is 9.78 Å². The molecule has 0 aliphatic carbocycles. The highest BCUT2D eigenvalue weighted by atomic mass is 32.2. The Bertz CT molecular complexity index is 1460. The van der Waals surface area contributed by atoms with Crippen LogP contribution in [0.1, 0.15) is 40.8 Å². The first-order valence-electron chi connectivity index (χ1n) is 12.0. The van der Waals surface area contributed by atoms with Gasteiger partial charge in [-0.3, -0.25) is 0 Å². The number of ether oxygens (including phenoxy) is 2. The molecule has 1 aromatic carbocycles. The predicted molar refractivity (Wildman–Crippen MR) is 135 cm³/mol. The van der Waals surface area contributed by atoms with Crippen molar-refractivity contribution in [2.24, 2.45) is 5.73 Å². The number of halogens is 3. The van der Waals surface area contributed by atoms with Crippen LogP contribution in [-0.4, -0.2) is 41.8 Å². The van der Waals surface area contributed by atoms with Gasteiger partial charge in [0.1, 0.15) is 28.5 Å². The van der Waals surface area contributed by atoms with Crippen LogP contribution >= 0.6 is 11.8 Å². The molecule has 8 nitrogen and oxygen atoms in total. The predicted octanol–water partition coefficient (Wildman–Crippen LogP) is 4.38. The van der Waals surface area contributed by atoms with Crippen molar-refractivity contribution >= 4 is 17.7 Å². The van der Waals surface area contributed by atoms with Gasteiger partial charge in [0.05, 0.1) is 35.0 Å². The average molecular weight is 556 g/mol. The Hall–Kier alpha value is -4.00. The second-order valence-corrected chi connectivity index (χ2v) is 9.87. The summed E-state index contributed by atoms with van der Waals surface area (Å²) in [6.45, 7) is 2.95. The number of thioether (sulfide) groups is 1. The van der Waals surface area contributed by atoms with Gasteiger partial charge in [-0.05, 0) is 37.2 Å². The van der Waals surface area contributed by atoms with Crippen LogP contribution in [0.2, 0.25) is 0 Å². The largest absolute Gasteiger partial charge is 0.463 e. The maximum Gasteiger partial charge on any atom is 0.416 e. The Labute approximate surface area is 227 Å². The zero-order valence-corrected chi connectivity index (χ0v) is 21.9. The summed E-state index contributed by atoms with van der Waals surface area (Å²) in [4.78, 5) is 20.0. The van der Waals surface area contributed by atoms with Crippen LogP contribution in [0.15, 0.2) is 58.1 Å². The SMILES string of the molecule is CCOC(=O)C1=C(CSc2nc3c(cc2C#N)CN(C)CC3)OC(N)=C(C#N)C1c1ccccc1C(F)(F)F. The molecule has 4 rings (SSSR count). The maximum absolute atomic E-state index is 14.0. The molecule has 2 aliphatic heterocycles. The van der Waals surface area contributed by atoms with Gasteiger partial charge in [-0.15, -0.1) is 0 Å². The van der Waals surface area contributed by atoms with Crippen LogP contribution in [0.25, 0.3) is 0 Å². The lowest BCUT2D eigenvalue weighted by atomic mass is 9.81. The molecule has 1 unspecified atom stereocenters. The fraction of sp³-hybridized carbons (Fsp3) is 0.333. The number of nitrogens with zero attached hydrogens (tertiary/aromatic N) is 4. The Morgan fingerprint density at radius 3 is 2.72 bits per heavy atom. The second kappa shape index (κ2) is 11.4. The summed E-state index contributed by atoms with van der Waals surface area (Å²) in [7, 11) is 1.97. The lowest BCUT2D eigenvalue weighted by Crippen LogP contribution is -2.28. The minimum atomic E-state index is -4.76. The summed E-state index contributed by atoms with van der Waals surface area (Å²) in [6, 6.07) is 10.4. The molecule has 0 spiro atoms. The van der Waals surface area contributed by atoms with E-state index in [4.69, 9.17) is 15.2 Å². The summed E-state index contributed by atoms with van der Waals surface area (Å²) >= 11 is 1.09. The van der Waals surface area contributed by atoms with E-state index >= 15 is 0 Å². The molecule has 0 fully saturated rings. The van der Waals surface area contributed by atoms with Crippen molar-refractivity contribution in [3.8, 4) is 12.1 Å². The van der Waals surface area contributed by atoms with E-state index in [2.05, 4.69) is 16.0 Å². The number of esters is 1. The van der Waals surface area contributed by atoms with Gasteiger partial charge in [0.25, 0.3) is 0 Å². The molecule has 1 aromatic heterocycles. The molecule has 0 radical (unpaired) electrons. The molecule has 0 amide bonds. The molecule has 12 heteroatoms. The van der Waals surface area contributed by atoms with Crippen LogP contribution in [0, 0.1) is 22.7 Å². The molecular weight excluding hydrogens is 531 g/mol. The lowest BCUT2D eigenvalue weighted by molar-refractivity contribution is -0.140. The van der Waals surface area contributed by atoms with Crippen molar-refractivity contribution in [1.29, 1.82) is 10.5 Å². The van der Waals surface area contributed by atoms with Gasteiger partial charge in [-0.1, -0.05) is 30.0 Å². The van der Waals surface area contributed by atoms with E-state index < -0.39 is 29.5 Å². The number of pyridine rings is 1. The third kappa shape index (κ3) is 5.72. The number of hydrogen-bond donors (Lipinski definition) is 1. The first kappa shape index (κ1) is 28.0. The van der Waals surface area contributed by atoms with Crippen LogP contribution < -0.4 is 5.73 Å². The third-order valence-electron chi connectivity index (χ3n) is 6.36. The maximum atomic E-state index is 14.0. The van der Waals surface area contributed by atoms with Crippen molar-refractivity contribution in [1.82, 2.24) is 9.88 Å². The normalized spacial score (nSPS) is 17.7. The number of likely N-dealkylation sites (N-methyl/N-ethyl adjacent to an activating group) is 1. The van der Waals surface area contributed by atoms with Crippen molar-refractivity contribution in [3.05, 3.63) is 81.1 Å². The minimum Gasteiger partial charge on any atom is -0.463 e. The minimum absolute atomic E-state index is 0.0586. The van der Waals surface area contributed by atoms with E-state index in [0.717, 1.165) is 35.6 Å². The van der Waals surface area contributed by atoms with Gasteiger partial charge in [0.15, 0.2) is 0 Å². The number of hydrogen-bond acceptors (Lipinski definition) is 9. The number of nitrogens with two attached hydrogens (primary N) is 1. The van der Waals surface area contributed by atoms with E-state index in [9.17, 15) is 28.5 Å². The zero-order valence-electron chi connectivity index (χ0n) is 21.1. The van der Waals surface area contributed by atoms with E-state index in [1.165, 1.54) is 18.2 Å². The summed E-state index contributed by atoms with van der Waals surface area (Å²) < 4.78 is 52.8. The Morgan fingerprint density at radius 2 is 2.05 bits per heavy atom. The highest BCUT2D eigenvalue weighted by molar-refractivity contribution is 7.99. The smallest absolute Gasteiger partial charge is 0.416 e. The summed E-state index contributed by atoms with van der Waals surface area (Å²) in [5.74, 6) is -2.99. The fourth-order valence-electron chi connectivity index (χ4n) is 4.59. The van der Waals surface area contributed by atoms with Crippen molar-refractivity contribution < 1.29 is 27.4 Å². The fourth-order valence-corrected chi connectivity index (χ4v) is 5.51. The van der Waals surface area contributed by atoms with E-state index in [-0.39, 0.29) is 34.8 Å². The lowest BCUT2D eigenvalue weighted by Gasteiger charge is -2.29. The number of nitriles is 2. The molecular formula is C27H24F3N5O3S. The zero-order chi connectivity index (χ0) is 28.3. The van der Waals surface area contributed by atoms with Gasteiger partial charge in [0, 0.05) is 25.2 Å². The van der Waals surface area contributed by atoms with Gasteiger partial charge in [-0.2, -0.15) is 23.7 Å². The van der Waals surface area contributed by atoms with Crippen molar-refractivity contribution in [3.63, 3.8) is 0 Å². The van der Waals surface area contributed by atoms with Gasteiger partial charge < -0.3 is 20.1 Å². The molecule has 3 heterocycles. The molecule has 202 valence electrons. The molecule has 0 bridgehead atoms. The van der Waals surface area contributed by atoms with Gasteiger partial charge >= 0.3 is 12.1 Å². The summed E-state index contributed by atoms with van der Waals surface area (Å²) in [6.07, 6.45) is -4.07. The number of rotatable bonds is 6. The molecule has 1 atom stereocenters. The Kier molecular flexibility index (Phi) is 8.19. The molecule has 2 aliphatic rings. The molecule has 2 aromatic rings. The first-order chi connectivity index (χ1) is 18.6. The standard InChI is InChI=1S/C27H24F3N5O3S/c1-3-37-26(36)23-21(14-39-25-15(11-31)10-16-13-35(2)9-8-20(16)34-25)38-24(33)18(12-32)22(23)17-6-4-5-7-19(17)27(28,29)30/h4-7,10,22H,3,8-9,13-14,33H2,1-2H3. The van der Waals surface area contributed by atoms with Crippen molar-refractivity contribution in [2.45, 2.75) is 37.0 Å². The number of alkyl halides is 3. The van der Waals surface area contributed by atoms with E-state index in [0.29, 0.717) is 23.6 Å². The average Bonchev–Trinajstić information content (AvgIpc) is 2.90. The topological polar surface area (TPSA) is 125 Å². The highest BCUT2D eigenvalue weighted by Gasteiger charge is 2.43. The van der Waals surface area contributed by atoms with Crippen LogP contribution in [-0.2, 0) is 33.4 Å². The molecule has 0 saturated carbocycles. The number of aromatic nitrogens is 1. The Balaban J connectivity index is 1.82. The molecule has 2 N–H and O–H groups in total. The van der Waals surface area contributed by atoms with Crippen LogP contribution in [0.3, 0.4) is 0 Å². The molecule has 39 heavy (non-hydrogen) atoms. The second-order valence-electron chi connectivity index (χ2n) is 8.90. The quantitative estimate of drug-likeness (QED) is 0.408. The summed E-state index contributed by atoms with van der Waals surface area (Å²) in [5.41, 5.74) is 6.20. The van der Waals surface area contributed by atoms with Crippen molar-refractivity contribution in [2.75, 3.05) is 26.0 Å². The van der Waals surface area contributed by atoms with E-state index in [1.54, 1.807) is 13.0 Å². The number of allylic oxidation sites excluding steroid dienone is 1. The monoisotopic (exact) mass is 555 g/mol. The first-order valence-corrected chi connectivity index (χ1v) is 13.0. The number of benzene rings is 1. The number of carbonyl (C=O) groups is 1. The molecule has 0 saturated heterocycles. The van der Waals surface area contributed by atoms with Gasteiger partial charge in [0.2, 0.25) is 5.88 Å². The Morgan fingerprint density at radius 1 is 1.31 bits per heavy atom. The number of fused-ring (bicyclic) bond motifs is 1. The van der Waals surface area contributed by atoms with E-state index in [1.807, 2.05) is 13.1 Å². The number of carbonyl (C=O) groups excluding carboxylic acids is 1. The van der Waals surface area contributed by atoms with Crippen LogP contribution in [0.5, 0.6) is 0 Å². The van der Waals surface area contributed by atoms with Crippen LogP contribution in [0.4, 0.5) is 13.2 Å². The highest BCUT2D eigenvalue weighted by Crippen LogP contribution is 2.45.